The van der Waals surface area contributed by atoms with Crippen LogP contribution in [0.1, 0.15) is 35.7 Å². The second-order valence-electron chi connectivity index (χ2n) is 5.01. The first kappa shape index (κ1) is 14.3. The lowest BCUT2D eigenvalue weighted by atomic mass is 10.1. The highest BCUT2D eigenvalue weighted by atomic mass is 16.2. The number of imidazole rings is 1. The Balaban J connectivity index is 1.88. The summed E-state index contributed by atoms with van der Waals surface area (Å²) in [5.41, 5.74) is 3.24. The molecule has 0 aliphatic heterocycles. The Kier molecular flexibility index (Phi) is 4.22. The van der Waals surface area contributed by atoms with Crippen molar-refractivity contribution in [2.24, 2.45) is 0 Å². The fourth-order valence-corrected chi connectivity index (χ4v) is 2.32. The first-order chi connectivity index (χ1) is 9.50. The summed E-state index contributed by atoms with van der Waals surface area (Å²) in [5.74, 6) is 0.846. The van der Waals surface area contributed by atoms with Gasteiger partial charge in [0.1, 0.15) is 11.9 Å². The quantitative estimate of drug-likeness (QED) is 0.867. The summed E-state index contributed by atoms with van der Waals surface area (Å²) in [6, 6.07) is -0.246. The third-order valence-electron chi connectivity index (χ3n) is 3.61. The predicted molar refractivity (Wildman–Crippen MR) is 76.5 cm³/mol. The number of nitrogens with one attached hydrogen (secondary N) is 2. The van der Waals surface area contributed by atoms with Crippen LogP contribution < -0.4 is 5.32 Å². The monoisotopic (exact) mass is 275 g/mol. The van der Waals surface area contributed by atoms with Crippen LogP contribution in [0.15, 0.2) is 12.4 Å². The second kappa shape index (κ2) is 5.90. The van der Waals surface area contributed by atoms with E-state index < -0.39 is 0 Å². The molecule has 108 valence electrons. The van der Waals surface area contributed by atoms with E-state index in [1.165, 1.54) is 5.56 Å². The highest BCUT2D eigenvalue weighted by Crippen LogP contribution is 2.10. The van der Waals surface area contributed by atoms with Crippen LogP contribution in [0.5, 0.6) is 0 Å². The maximum atomic E-state index is 12.1. The lowest BCUT2D eigenvalue weighted by Crippen LogP contribution is -2.32. The van der Waals surface area contributed by atoms with E-state index in [0.29, 0.717) is 6.54 Å². The van der Waals surface area contributed by atoms with Gasteiger partial charge in [0.15, 0.2) is 0 Å². The standard InChI is InChI=1S/C14H21N5O/c1-9-13(10(2)18-17-9)5-6-16-14(20)11(3)19-8-7-15-12(19)4/h7-8,11H,5-6H2,1-4H3,(H,16,20)(H,17,18)/t11-/m1/s1. The number of carbonyl (C=O) groups excluding carboxylic acids is 1. The van der Waals surface area contributed by atoms with Gasteiger partial charge in [0.05, 0.1) is 5.69 Å². The summed E-state index contributed by atoms with van der Waals surface area (Å²) in [6.45, 7) is 8.34. The van der Waals surface area contributed by atoms with Crippen LogP contribution in [0.4, 0.5) is 0 Å². The Morgan fingerprint density at radius 1 is 1.45 bits per heavy atom. The van der Waals surface area contributed by atoms with Crippen molar-refractivity contribution >= 4 is 5.91 Å². The summed E-state index contributed by atoms with van der Waals surface area (Å²) in [6.07, 6.45) is 4.32. The fraction of sp³-hybridized carbons (Fsp3) is 0.500. The highest BCUT2D eigenvalue weighted by molar-refractivity contribution is 5.79. The normalized spacial score (nSPS) is 12.4. The number of rotatable bonds is 5. The zero-order valence-corrected chi connectivity index (χ0v) is 12.4. The first-order valence-electron chi connectivity index (χ1n) is 6.78. The lowest BCUT2D eigenvalue weighted by Gasteiger charge is -2.15. The summed E-state index contributed by atoms with van der Waals surface area (Å²) in [7, 11) is 0. The van der Waals surface area contributed by atoms with Gasteiger partial charge in [-0.05, 0) is 39.7 Å². The molecule has 2 heterocycles. The van der Waals surface area contributed by atoms with Crippen molar-refractivity contribution in [1.82, 2.24) is 25.1 Å². The van der Waals surface area contributed by atoms with Crippen molar-refractivity contribution in [3.8, 4) is 0 Å². The molecule has 1 atom stereocenters. The number of nitrogens with zero attached hydrogens (tertiary/aromatic N) is 3. The molecule has 0 saturated carbocycles. The molecular weight excluding hydrogens is 254 g/mol. The number of hydrogen-bond donors (Lipinski definition) is 2. The van der Waals surface area contributed by atoms with Gasteiger partial charge in [-0.3, -0.25) is 9.89 Å². The van der Waals surface area contributed by atoms with Gasteiger partial charge in [0.2, 0.25) is 5.91 Å². The van der Waals surface area contributed by atoms with Gasteiger partial charge in [-0.1, -0.05) is 0 Å². The number of aryl methyl sites for hydroxylation is 3. The van der Waals surface area contributed by atoms with Crippen LogP contribution in [0.3, 0.4) is 0 Å². The highest BCUT2D eigenvalue weighted by Gasteiger charge is 2.16. The largest absolute Gasteiger partial charge is 0.354 e. The van der Waals surface area contributed by atoms with E-state index in [9.17, 15) is 4.79 Å². The fourth-order valence-electron chi connectivity index (χ4n) is 2.32. The topological polar surface area (TPSA) is 75.6 Å². The molecule has 0 aliphatic rings. The summed E-state index contributed by atoms with van der Waals surface area (Å²) in [5, 5.41) is 10.1. The van der Waals surface area contributed by atoms with Gasteiger partial charge < -0.3 is 9.88 Å². The summed E-state index contributed by atoms with van der Waals surface area (Å²) in [4.78, 5) is 16.2. The van der Waals surface area contributed by atoms with E-state index in [1.807, 2.05) is 38.5 Å². The Bertz CT molecular complexity index is 579. The second-order valence-corrected chi connectivity index (χ2v) is 5.01. The SMILES string of the molecule is Cc1n[nH]c(C)c1CCNC(=O)[C@@H](C)n1ccnc1C. The van der Waals surface area contributed by atoms with Gasteiger partial charge >= 0.3 is 0 Å². The number of aromatic amines is 1. The Hall–Kier alpha value is -2.11. The van der Waals surface area contributed by atoms with E-state index in [0.717, 1.165) is 23.6 Å². The molecule has 1 amide bonds. The van der Waals surface area contributed by atoms with Crippen LogP contribution in [-0.4, -0.2) is 32.2 Å². The molecule has 2 rings (SSSR count). The van der Waals surface area contributed by atoms with Crippen LogP contribution >= 0.6 is 0 Å². The van der Waals surface area contributed by atoms with E-state index >= 15 is 0 Å². The van der Waals surface area contributed by atoms with Gasteiger partial charge in [-0.15, -0.1) is 0 Å². The van der Waals surface area contributed by atoms with Crippen LogP contribution in [0.2, 0.25) is 0 Å². The number of amides is 1. The Labute approximate surface area is 118 Å². The van der Waals surface area contributed by atoms with Gasteiger partial charge in [-0.2, -0.15) is 5.10 Å². The van der Waals surface area contributed by atoms with Crippen LogP contribution in [-0.2, 0) is 11.2 Å². The average molecular weight is 275 g/mol. The molecule has 0 unspecified atom stereocenters. The van der Waals surface area contributed by atoms with Gasteiger partial charge in [0, 0.05) is 24.6 Å². The van der Waals surface area contributed by atoms with Crippen LogP contribution in [0.25, 0.3) is 0 Å². The molecule has 2 N–H and O–H groups in total. The van der Waals surface area contributed by atoms with Crippen molar-refractivity contribution < 1.29 is 4.79 Å². The van der Waals surface area contributed by atoms with Crippen molar-refractivity contribution in [3.05, 3.63) is 35.2 Å². The molecule has 6 nitrogen and oxygen atoms in total. The van der Waals surface area contributed by atoms with Gasteiger partial charge in [-0.25, -0.2) is 4.98 Å². The molecule has 0 aromatic carbocycles. The number of H-pyrrole nitrogens is 1. The smallest absolute Gasteiger partial charge is 0.242 e. The third-order valence-corrected chi connectivity index (χ3v) is 3.61. The number of hydrogen-bond acceptors (Lipinski definition) is 3. The predicted octanol–water partition coefficient (Wildman–Crippen LogP) is 1.45. The number of aromatic nitrogens is 4. The molecule has 0 bridgehead atoms. The molecule has 0 aliphatic carbocycles. The summed E-state index contributed by atoms with van der Waals surface area (Å²) >= 11 is 0. The molecule has 0 fully saturated rings. The minimum Gasteiger partial charge on any atom is -0.354 e. The van der Waals surface area contributed by atoms with Crippen molar-refractivity contribution in [3.63, 3.8) is 0 Å². The molecular formula is C14H21N5O. The van der Waals surface area contributed by atoms with Crippen molar-refractivity contribution in [1.29, 1.82) is 0 Å². The molecule has 2 aromatic rings. The van der Waals surface area contributed by atoms with E-state index in [4.69, 9.17) is 0 Å². The third kappa shape index (κ3) is 2.89. The minimum absolute atomic E-state index is 0.00454. The van der Waals surface area contributed by atoms with E-state index in [-0.39, 0.29) is 11.9 Å². The maximum absolute atomic E-state index is 12.1. The van der Waals surface area contributed by atoms with Crippen molar-refractivity contribution in [2.75, 3.05) is 6.54 Å². The van der Waals surface area contributed by atoms with E-state index in [2.05, 4.69) is 20.5 Å². The molecule has 2 aromatic heterocycles. The van der Waals surface area contributed by atoms with E-state index in [1.54, 1.807) is 6.20 Å². The molecule has 6 heteroatoms. The number of carbonyl (C=O) groups is 1. The lowest BCUT2D eigenvalue weighted by molar-refractivity contribution is -0.123. The minimum atomic E-state index is -0.246. The van der Waals surface area contributed by atoms with Crippen LogP contribution in [0, 0.1) is 20.8 Å². The molecule has 20 heavy (non-hydrogen) atoms. The first-order valence-corrected chi connectivity index (χ1v) is 6.78. The maximum Gasteiger partial charge on any atom is 0.242 e. The zero-order valence-electron chi connectivity index (χ0n) is 12.4. The molecule has 0 radical (unpaired) electrons. The van der Waals surface area contributed by atoms with Crippen molar-refractivity contribution in [2.45, 2.75) is 40.2 Å². The zero-order chi connectivity index (χ0) is 14.7. The Morgan fingerprint density at radius 3 is 2.75 bits per heavy atom. The molecule has 0 spiro atoms. The Morgan fingerprint density at radius 2 is 2.20 bits per heavy atom. The molecule has 0 saturated heterocycles. The van der Waals surface area contributed by atoms with Gasteiger partial charge in [0.25, 0.3) is 0 Å². The average Bonchev–Trinajstić information content (AvgIpc) is 2.97. The summed E-state index contributed by atoms with van der Waals surface area (Å²) < 4.78 is 1.86.